The number of hydrogen-bond acceptors (Lipinski definition) is 3. The Morgan fingerprint density at radius 1 is 1.42 bits per heavy atom. The molecule has 0 radical (unpaired) electrons. The van der Waals surface area contributed by atoms with Gasteiger partial charge in [-0.05, 0) is 24.6 Å². The highest BCUT2D eigenvalue weighted by molar-refractivity contribution is 9.10. The number of Topliss-reactive ketones (excluding diaryl/α,β-unsaturated/α-hetero) is 1. The summed E-state index contributed by atoms with van der Waals surface area (Å²) in [6.45, 7) is 3.57. The topological polar surface area (TPSA) is 80.5 Å². The van der Waals surface area contributed by atoms with Gasteiger partial charge in [-0.25, -0.2) is 0 Å². The fourth-order valence-corrected chi connectivity index (χ4v) is 2.72. The summed E-state index contributed by atoms with van der Waals surface area (Å²) in [5.74, 6) is -2.16. The highest BCUT2D eigenvalue weighted by atomic mass is 79.9. The van der Waals surface area contributed by atoms with Crippen LogP contribution < -0.4 is 10.6 Å². The van der Waals surface area contributed by atoms with Crippen molar-refractivity contribution in [2.75, 3.05) is 11.4 Å². The van der Waals surface area contributed by atoms with E-state index in [4.69, 9.17) is 5.73 Å². The fourth-order valence-electron chi connectivity index (χ4n) is 2.14. The highest BCUT2D eigenvalue weighted by Crippen LogP contribution is 2.35. The van der Waals surface area contributed by atoms with Crippen LogP contribution in [0.15, 0.2) is 16.6 Å². The van der Waals surface area contributed by atoms with E-state index >= 15 is 0 Å². The van der Waals surface area contributed by atoms with Crippen LogP contribution in [-0.2, 0) is 9.59 Å². The highest BCUT2D eigenvalue weighted by Gasteiger charge is 2.38. The molecule has 6 heteroatoms. The molecule has 0 bridgehead atoms. The zero-order valence-corrected chi connectivity index (χ0v) is 12.2. The Labute approximate surface area is 118 Å². The first-order chi connectivity index (χ1) is 8.82. The number of primary amides is 1. The largest absolute Gasteiger partial charge is 0.369 e. The van der Waals surface area contributed by atoms with Gasteiger partial charge in [-0.2, -0.15) is 0 Å². The van der Waals surface area contributed by atoms with E-state index in [-0.39, 0.29) is 6.54 Å². The van der Waals surface area contributed by atoms with Gasteiger partial charge in [0, 0.05) is 11.0 Å². The molecule has 100 valence electrons. The molecule has 0 fully saturated rings. The summed E-state index contributed by atoms with van der Waals surface area (Å²) in [6, 6.07) is 3.45. The minimum Gasteiger partial charge on any atom is -0.369 e. The van der Waals surface area contributed by atoms with Gasteiger partial charge in [0.25, 0.3) is 11.7 Å². The second-order valence-corrected chi connectivity index (χ2v) is 5.58. The normalized spacial score (nSPS) is 15.6. The monoisotopic (exact) mass is 324 g/mol. The average Bonchev–Trinajstić information content (AvgIpc) is 2.54. The number of carbonyl (C=O) groups excluding carboxylic acids is 3. The molecule has 0 saturated carbocycles. The zero-order valence-electron chi connectivity index (χ0n) is 10.6. The first kappa shape index (κ1) is 13.7. The van der Waals surface area contributed by atoms with Crippen molar-refractivity contribution in [1.29, 1.82) is 0 Å². The SMILES string of the molecule is Cc1cc(Br)cc2c1N(CC(C)C(N)=O)C(=O)C2=O. The maximum Gasteiger partial charge on any atom is 0.299 e. The van der Waals surface area contributed by atoms with Gasteiger partial charge in [0.2, 0.25) is 5.91 Å². The number of hydrogen-bond donors (Lipinski definition) is 1. The number of halogens is 1. The molecule has 2 N–H and O–H groups in total. The van der Waals surface area contributed by atoms with Crippen molar-refractivity contribution in [3.63, 3.8) is 0 Å². The van der Waals surface area contributed by atoms with Gasteiger partial charge in [0.1, 0.15) is 0 Å². The Morgan fingerprint density at radius 3 is 2.63 bits per heavy atom. The van der Waals surface area contributed by atoms with Crippen LogP contribution in [0.4, 0.5) is 5.69 Å². The van der Waals surface area contributed by atoms with Crippen LogP contribution in [0.5, 0.6) is 0 Å². The van der Waals surface area contributed by atoms with E-state index in [1.807, 2.05) is 13.0 Å². The average molecular weight is 325 g/mol. The second-order valence-electron chi connectivity index (χ2n) is 4.67. The van der Waals surface area contributed by atoms with Gasteiger partial charge in [-0.1, -0.05) is 22.9 Å². The van der Waals surface area contributed by atoms with E-state index in [2.05, 4.69) is 15.9 Å². The molecule has 1 aromatic carbocycles. The molecule has 1 heterocycles. The number of benzene rings is 1. The van der Waals surface area contributed by atoms with Crippen LogP contribution in [0.3, 0.4) is 0 Å². The van der Waals surface area contributed by atoms with Crippen LogP contribution in [0.25, 0.3) is 0 Å². The second kappa shape index (κ2) is 4.77. The maximum absolute atomic E-state index is 12.0. The summed E-state index contributed by atoms with van der Waals surface area (Å²) in [7, 11) is 0. The molecule has 1 unspecified atom stereocenters. The van der Waals surface area contributed by atoms with Gasteiger partial charge in [-0.3, -0.25) is 14.4 Å². The van der Waals surface area contributed by atoms with Gasteiger partial charge >= 0.3 is 0 Å². The number of ketones is 1. The molecule has 1 atom stereocenters. The lowest BCUT2D eigenvalue weighted by molar-refractivity contribution is -0.121. The quantitative estimate of drug-likeness (QED) is 0.853. The molecule has 2 amide bonds. The first-order valence-corrected chi connectivity index (χ1v) is 6.58. The van der Waals surface area contributed by atoms with Crippen LogP contribution in [-0.4, -0.2) is 24.1 Å². The van der Waals surface area contributed by atoms with Crippen LogP contribution in [0, 0.1) is 12.8 Å². The van der Waals surface area contributed by atoms with Crippen molar-refractivity contribution < 1.29 is 14.4 Å². The third-order valence-corrected chi connectivity index (χ3v) is 3.62. The van der Waals surface area contributed by atoms with E-state index in [0.29, 0.717) is 11.3 Å². The van der Waals surface area contributed by atoms with Crippen molar-refractivity contribution in [2.45, 2.75) is 13.8 Å². The van der Waals surface area contributed by atoms with E-state index in [0.717, 1.165) is 10.0 Å². The maximum atomic E-state index is 12.0. The fraction of sp³-hybridized carbons (Fsp3) is 0.308. The minimum absolute atomic E-state index is 0.120. The molecule has 2 rings (SSSR count). The van der Waals surface area contributed by atoms with E-state index in [9.17, 15) is 14.4 Å². The van der Waals surface area contributed by atoms with E-state index < -0.39 is 23.5 Å². The summed E-state index contributed by atoms with van der Waals surface area (Å²) >= 11 is 3.30. The molecule has 19 heavy (non-hydrogen) atoms. The Balaban J connectivity index is 2.47. The Kier molecular flexibility index (Phi) is 3.45. The lowest BCUT2D eigenvalue weighted by atomic mass is 10.1. The van der Waals surface area contributed by atoms with E-state index in [1.165, 1.54) is 4.90 Å². The number of fused-ring (bicyclic) bond motifs is 1. The van der Waals surface area contributed by atoms with Gasteiger partial charge in [0.15, 0.2) is 0 Å². The van der Waals surface area contributed by atoms with Crippen LogP contribution >= 0.6 is 15.9 Å². The molecular formula is C13H13BrN2O3. The molecule has 1 aliphatic rings. The summed E-state index contributed by atoms with van der Waals surface area (Å²) in [4.78, 5) is 36.4. The van der Waals surface area contributed by atoms with Crippen molar-refractivity contribution in [2.24, 2.45) is 11.7 Å². The number of carbonyl (C=O) groups is 3. The van der Waals surface area contributed by atoms with Gasteiger partial charge in [-0.15, -0.1) is 0 Å². The summed E-state index contributed by atoms with van der Waals surface area (Å²) in [5.41, 5.74) is 6.96. The number of amides is 2. The lowest BCUT2D eigenvalue weighted by Crippen LogP contribution is -2.38. The van der Waals surface area contributed by atoms with Gasteiger partial charge in [0.05, 0.1) is 17.2 Å². The van der Waals surface area contributed by atoms with Gasteiger partial charge < -0.3 is 10.6 Å². The van der Waals surface area contributed by atoms with Crippen molar-refractivity contribution >= 4 is 39.2 Å². The standard InChI is InChI=1S/C13H13BrN2O3/c1-6-3-8(14)4-9-10(6)16(13(19)11(9)17)5-7(2)12(15)18/h3-4,7H,5H2,1-2H3,(H2,15,18). The van der Waals surface area contributed by atoms with Crippen LogP contribution in [0.1, 0.15) is 22.8 Å². The van der Waals surface area contributed by atoms with Crippen molar-refractivity contribution in [1.82, 2.24) is 0 Å². The predicted octanol–water partition coefficient (Wildman–Crippen LogP) is 1.41. The number of aryl methyl sites for hydroxylation is 1. The van der Waals surface area contributed by atoms with E-state index in [1.54, 1.807) is 13.0 Å². The zero-order chi connectivity index (χ0) is 14.3. The summed E-state index contributed by atoms with van der Waals surface area (Å²) < 4.78 is 0.745. The third kappa shape index (κ3) is 2.28. The lowest BCUT2D eigenvalue weighted by Gasteiger charge is -2.21. The molecular weight excluding hydrogens is 312 g/mol. The summed E-state index contributed by atoms with van der Waals surface area (Å²) in [6.07, 6.45) is 0. The Bertz CT molecular complexity index is 598. The first-order valence-electron chi connectivity index (χ1n) is 5.78. The molecule has 1 aromatic rings. The molecule has 0 spiro atoms. The van der Waals surface area contributed by atoms with Crippen molar-refractivity contribution in [3.8, 4) is 0 Å². The van der Waals surface area contributed by atoms with Crippen LogP contribution in [0.2, 0.25) is 0 Å². The predicted molar refractivity (Wildman–Crippen MR) is 73.9 cm³/mol. The number of nitrogens with two attached hydrogens (primary N) is 1. The Morgan fingerprint density at radius 2 is 2.05 bits per heavy atom. The smallest absolute Gasteiger partial charge is 0.299 e. The Hall–Kier alpha value is -1.69. The number of anilines is 1. The third-order valence-electron chi connectivity index (χ3n) is 3.16. The minimum atomic E-state index is -0.607. The summed E-state index contributed by atoms with van der Waals surface area (Å²) in [5, 5.41) is 0. The molecule has 1 aliphatic heterocycles. The molecule has 5 nitrogen and oxygen atoms in total. The molecule has 0 saturated heterocycles. The molecule has 0 aliphatic carbocycles. The number of rotatable bonds is 3. The number of nitrogens with zero attached hydrogens (tertiary/aromatic N) is 1. The molecule has 0 aromatic heterocycles. The van der Waals surface area contributed by atoms with Crippen molar-refractivity contribution in [3.05, 3.63) is 27.7 Å².